The number of anilines is 1. The molecule has 1 aliphatic rings. The Labute approximate surface area is 150 Å². The van der Waals surface area contributed by atoms with Crippen molar-refractivity contribution in [1.29, 1.82) is 0 Å². The smallest absolute Gasteiger partial charge is 0.267 e. The van der Waals surface area contributed by atoms with E-state index in [-0.39, 0.29) is 5.57 Å². The Morgan fingerprint density at radius 1 is 1.04 bits per heavy atom. The van der Waals surface area contributed by atoms with Gasteiger partial charge in [-0.1, -0.05) is 45.2 Å². The van der Waals surface area contributed by atoms with E-state index in [0.29, 0.717) is 21.3 Å². The van der Waals surface area contributed by atoms with Gasteiger partial charge >= 0.3 is 0 Å². The molecule has 0 unspecified atom stereocenters. The maximum Gasteiger partial charge on any atom is 0.282 e. The highest BCUT2D eigenvalue weighted by molar-refractivity contribution is 9.10. The summed E-state index contributed by atoms with van der Waals surface area (Å²) in [6.45, 7) is 0. The van der Waals surface area contributed by atoms with Crippen LogP contribution in [0.25, 0.3) is 6.08 Å². The van der Waals surface area contributed by atoms with Gasteiger partial charge in [-0.15, -0.1) is 0 Å². The van der Waals surface area contributed by atoms with Crippen molar-refractivity contribution in [2.75, 3.05) is 5.01 Å². The lowest BCUT2D eigenvalue weighted by atomic mass is 10.1. The third kappa shape index (κ3) is 3.27. The first-order valence-corrected chi connectivity index (χ1v) is 8.08. The van der Waals surface area contributed by atoms with Gasteiger partial charge in [-0.3, -0.25) is 15.0 Å². The highest BCUT2D eigenvalue weighted by Gasteiger charge is 2.34. The quantitative estimate of drug-likeness (QED) is 0.594. The number of benzene rings is 2. The van der Waals surface area contributed by atoms with E-state index in [2.05, 4.69) is 21.4 Å². The Bertz CT molecular complexity index is 834. The lowest BCUT2D eigenvalue weighted by Gasteiger charge is -2.14. The molecule has 1 saturated heterocycles. The number of carbonyl (C=O) groups excluding carboxylic acids is 2. The van der Waals surface area contributed by atoms with Crippen LogP contribution < -0.4 is 10.4 Å². The first-order valence-electron chi connectivity index (χ1n) is 6.53. The second kappa shape index (κ2) is 6.35. The average molecular weight is 412 g/mol. The Balaban J connectivity index is 1.95. The molecule has 2 aromatic carbocycles. The fraction of sp³-hybridized carbons (Fsp3) is 0. The monoisotopic (exact) mass is 410 g/mol. The van der Waals surface area contributed by atoms with Crippen LogP contribution in [0.1, 0.15) is 5.56 Å². The minimum Gasteiger partial charge on any atom is -0.267 e. The SMILES string of the molecule is O=C1NN(c2ccc(Br)cc2)C(=O)/C1=C/c1ccc(Cl)cc1Cl. The summed E-state index contributed by atoms with van der Waals surface area (Å²) in [6.07, 6.45) is 1.45. The molecule has 0 aliphatic carbocycles. The molecule has 4 nitrogen and oxygen atoms in total. The summed E-state index contributed by atoms with van der Waals surface area (Å²) in [7, 11) is 0. The Morgan fingerprint density at radius 3 is 2.39 bits per heavy atom. The first kappa shape index (κ1) is 16.1. The number of carbonyl (C=O) groups is 2. The van der Waals surface area contributed by atoms with E-state index in [1.165, 1.54) is 11.1 Å². The van der Waals surface area contributed by atoms with Crippen LogP contribution in [-0.4, -0.2) is 11.8 Å². The number of hydrazine groups is 1. The van der Waals surface area contributed by atoms with Gasteiger partial charge in [0.2, 0.25) is 0 Å². The summed E-state index contributed by atoms with van der Waals surface area (Å²) < 4.78 is 0.878. The molecule has 0 bridgehead atoms. The van der Waals surface area contributed by atoms with Crippen LogP contribution in [0.15, 0.2) is 52.5 Å². The summed E-state index contributed by atoms with van der Waals surface area (Å²) >= 11 is 15.3. The third-order valence-corrected chi connectivity index (χ3v) is 4.33. The van der Waals surface area contributed by atoms with Gasteiger partial charge in [-0.25, -0.2) is 5.01 Å². The van der Waals surface area contributed by atoms with Crippen LogP contribution in [0, 0.1) is 0 Å². The minimum atomic E-state index is -0.482. The highest BCUT2D eigenvalue weighted by Crippen LogP contribution is 2.26. The fourth-order valence-corrected chi connectivity index (χ4v) is 2.83. The van der Waals surface area contributed by atoms with Gasteiger partial charge in [0.15, 0.2) is 0 Å². The number of amides is 2. The highest BCUT2D eigenvalue weighted by atomic mass is 79.9. The molecule has 1 N–H and O–H groups in total. The molecule has 23 heavy (non-hydrogen) atoms. The van der Waals surface area contributed by atoms with E-state index in [1.54, 1.807) is 42.5 Å². The van der Waals surface area contributed by atoms with Crippen molar-refractivity contribution in [3.05, 3.63) is 68.1 Å². The molecule has 3 rings (SSSR count). The van der Waals surface area contributed by atoms with Gasteiger partial charge in [0, 0.05) is 14.5 Å². The minimum absolute atomic E-state index is 0.0112. The molecule has 0 atom stereocenters. The molecule has 116 valence electrons. The maximum atomic E-state index is 12.5. The fourth-order valence-electron chi connectivity index (χ4n) is 2.10. The van der Waals surface area contributed by atoms with Gasteiger partial charge in [-0.2, -0.15) is 0 Å². The van der Waals surface area contributed by atoms with E-state index in [9.17, 15) is 9.59 Å². The van der Waals surface area contributed by atoms with Crippen molar-refractivity contribution in [2.24, 2.45) is 0 Å². The maximum absolute atomic E-state index is 12.5. The van der Waals surface area contributed by atoms with Crippen molar-refractivity contribution in [3.63, 3.8) is 0 Å². The molecular weight excluding hydrogens is 403 g/mol. The van der Waals surface area contributed by atoms with Crippen LogP contribution in [0.2, 0.25) is 10.0 Å². The molecule has 0 spiro atoms. The summed E-state index contributed by atoms with van der Waals surface area (Å²) in [5.74, 6) is -0.924. The summed E-state index contributed by atoms with van der Waals surface area (Å²) in [4.78, 5) is 24.6. The van der Waals surface area contributed by atoms with Crippen LogP contribution in [-0.2, 0) is 9.59 Å². The molecule has 2 amide bonds. The van der Waals surface area contributed by atoms with E-state index < -0.39 is 11.8 Å². The molecule has 1 heterocycles. The molecule has 1 fully saturated rings. The number of halogens is 3. The standard InChI is InChI=1S/C16H9BrCl2N2O2/c17-10-2-5-12(6-3-10)21-16(23)13(15(22)20-21)7-9-1-4-11(18)8-14(9)19/h1-8H,(H,20,22)/b13-7+. The molecule has 2 aromatic rings. The Morgan fingerprint density at radius 2 is 1.74 bits per heavy atom. The van der Waals surface area contributed by atoms with E-state index in [4.69, 9.17) is 23.2 Å². The van der Waals surface area contributed by atoms with E-state index in [1.807, 2.05) is 0 Å². The zero-order chi connectivity index (χ0) is 16.6. The predicted molar refractivity (Wildman–Crippen MR) is 94.2 cm³/mol. The third-order valence-electron chi connectivity index (χ3n) is 3.24. The van der Waals surface area contributed by atoms with Crippen LogP contribution >= 0.6 is 39.1 Å². The van der Waals surface area contributed by atoms with E-state index >= 15 is 0 Å². The Hall–Kier alpha value is -1.82. The van der Waals surface area contributed by atoms with E-state index in [0.717, 1.165) is 4.47 Å². The van der Waals surface area contributed by atoms with Gasteiger partial charge in [-0.05, 0) is 48.0 Å². The second-order valence-electron chi connectivity index (χ2n) is 4.78. The zero-order valence-corrected chi connectivity index (χ0v) is 14.6. The van der Waals surface area contributed by atoms with Gasteiger partial charge in [0.1, 0.15) is 5.57 Å². The zero-order valence-electron chi connectivity index (χ0n) is 11.5. The van der Waals surface area contributed by atoms with Crippen molar-refractivity contribution >= 4 is 62.7 Å². The van der Waals surface area contributed by atoms with Crippen molar-refractivity contribution in [3.8, 4) is 0 Å². The van der Waals surface area contributed by atoms with Gasteiger partial charge in [0.25, 0.3) is 11.8 Å². The molecule has 0 saturated carbocycles. The topological polar surface area (TPSA) is 49.4 Å². The van der Waals surface area contributed by atoms with Crippen LogP contribution in [0.5, 0.6) is 0 Å². The first-order chi connectivity index (χ1) is 11.0. The van der Waals surface area contributed by atoms with Gasteiger partial charge < -0.3 is 0 Å². The summed E-state index contributed by atoms with van der Waals surface area (Å²) in [5, 5.41) is 2.05. The number of nitrogens with zero attached hydrogens (tertiary/aromatic N) is 1. The lowest BCUT2D eigenvalue weighted by Crippen LogP contribution is -2.35. The average Bonchev–Trinajstić information content (AvgIpc) is 2.78. The molecule has 0 radical (unpaired) electrons. The largest absolute Gasteiger partial charge is 0.282 e. The number of rotatable bonds is 2. The van der Waals surface area contributed by atoms with Crippen molar-refractivity contribution in [1.82, 2.24) is 5.43 Å². The summed E-state index contributed by atoms with van der Waals surface area (Å²) in [5.41, 5.74) is 3.66. The van der Waals surface area contributed by atoms with Crippen molar-refractivity contribution in [2.45, 2.75) is 0 Å². The molecule has 1 aliphatic heterocycles. The van der Waals surface area contributed by atoms with Crippen molar-refractivity contribution < 1.29 is 9.59 Å². The summed E-state index contributed by atoms with van der Waals surface area (Å²) in [6, 6.07) is 11.9. The number of nitrogens with one attached hydrogen (secondary N) is 1. The second-order valence-corrected chi connectivity index (χ2v) is 6.54. The van der Waals surface area contributed by atoms with Gasteiger partial charge in [0.05, 0.1) is 5.69 Å². The molecular formula is C16H9BrCl2N2O2. The van der Waals surface area contributed by atoms with Crippen LogP contribution in [0.4, 0.5) is 5.69 Å². The van der Waals surface area contributed by atoms with Crippen LogP contribution in [0.3, 0.4) is 0 Å². The molecule has 0 aromatic heterocycles. The predicted octanol–water partition coefficient (Wildman–Crippen LogP) is 4.22. The normalized spacial score (nSPS) is 16.1. The molecule has 7 heteroatoms. The Kier molecular flexibility index (Phi) is 4.43. The number of hydrogen-bond donors (Lipinski definition) is 1. The number of hydrogen-bond acceptors (Lipinski definition) is 2. The lowest BCUT2D eigenvalue weighted by molar-refractivity contribution is -0.117.